The number of phenolic OH excluding ortho intramolecular Hbond substituents is 1. The molecule has 2 aromatic carbocycles. The van der Waals surface area contributed by atoms with Crippen molar-refractivity contribution in [3.8, 4) is 17.0 Å². The van der Waals surface area contributed by atoms with E-state index in [1.807, 2.05) is 54.6 Å². The van der Waals surface area contributed by atoms with Crippen molar-refractivity contribution >= 4 is 10.8 Å². The lowest BCUT2D eigenvalue weighted by atomic mass is 10.0. The monoisotopic (exact) mass is 221 g/mol. The van der Waals surface area contributed by atoms with Crippen molar-refractivity contribution in [1.82, 2.24) is 4.98 Å². The van der Waals surface area contributed by atoms with Crippen LogP contribution in [0.5, 0.6) is 5.75 Å². The molecule has 0 saturated carbocycles. The van der Waals surface area contributed by atoms with Crippen molar-refractivity contribution in [2.24, 2.45) is 0 Å². The summed E-state index contributed by atoms with van der Waals surface area (Å²) >= 11 is 0. The van der Waals surface area contributed by atoms with E-state index in [1.165, 1.54) is 0 Å². The summed E-state index contributed by atoms with van der Waals surface area (Å²) in [5.41, 5.74) is 1.56. The van der Waals surface area contributed by atoms with E-state index >= 15 is 0 Å². The summed E-state index contributed by atoms with van der Waals surface area (Å²) in [6, 6.07) is 17.3. The zero-order valence-corrected chi connectivity index (χ0v) is 9.17. The fourth-order valence-corrected chi connectivity index (χ4v) is 1.98. The fourth-order valence-electron chi connectivity index (χ4n) is 1.98. The highest BCUT2D eigenvalue weighted by molar-refractivity contribution is 5.94. The number of aromatic nitrogens is 1. The van der Waals surface area contributed by atoms with Crippen molar-refractivity contribution in [2.45, 2.75) is 0 Å². The number of pyridine rings is 1. The molecule has 82 valence electrons. The second kappa shape index (κ2) is 3.91. The highest BCUT2D eigenvalue weighted by atomic mass is 16.3. The molecule has 0 aliphatic heterocycles. The fraction of sp³-hybridized carbons (Fsp3) is 0. The topological polar surface area (TPSA) is 33.1 Å². The molecule has 2 nitrogen and oxygen atoms in total. The normalized spacial score (nSPS) is 10.6. The van der Waals surface area contributed by atoms with E-state index in [0.29, 0.717) is 5.75 Å². The summed E-state index contributed by atoms with van der Waals surface area (Å²) in [5.74, 6) is 0.293. The lowest BCUT2D eigenvalue weighted by Gasteiger charge is -2.07. The quantitative estimate of drug-likeness (QED) is 0.681. The van der Waals surface area contributed by atoms with Gasteiger partial charge in [0.25, 0.3) is 0 Å². The molecule has 0 unspecified atom stereocenters. The van der Waals surface area contributed by atoms with Gasteiger partial charge in [-0.05, 0) is 23.6 Å². The zero-order valence-electron chi connectivity index (χ0n) is 9.17. The first kappa shape index (κ1) is 9.85. The van der Waals surface area contributed by atoms with Crippen LogP contribution in [0.25, 0.3) is 22.0 Å². The van der Waals surface area contributed by atoms with E-state index in [9.17, 15) is 5.11 Å². The van der Waals surface area contributed by atoms with Gasteiger partial charge >= 0.3 is 0 Å². The molecule has 3 rings (SSSR count). The van der Waals surface area contributed by atoms with Crippen LogP contribution in [-0.2, 0) is 0 Å². The number of fused-ring (bicyclic) bond motifs is 1. The SMILES string of the molecule is Oc1c(-c2ccccn2)ccc2ccccc12. The predicted molar refractivity (Wildman–Crippen MR) is 68.8 cm³/mol. The van der Waals surface area contributed by atoms with Crippen LogP contribution in [0.3, 0.4) is 0 Å². The summed E-state index contributed by atoms with van der Waals surface area (Å²) in [6.07, 6.45) is 1.73. The third kappa shape index (κ3) is 1.64. The summed E-state index contributed by atoms with van der Waals surface area (Å²) in [4.78, 5) is 4.26. The first-order valence-corrected chi connectivity index (χ1v) is 5.48. The molecule has 0 bridgehead atoms. The molecule has 0 amide bonds. The van der Waals surface area contributed by atoms with Gasteiger partial charge in [-0.1, -0.05) is 36.4 Å². The van der Waals surface area contributed by atoms with E-state index in [1.54, 1.807) is 6.20 Å². The Morgan fingerprint density at radius 1 is 0.824 bits per heavy atom. The maximum atomic E-state index is 10.3. The molecule has 2 heteroatoms. The number of phenols is 1. The predicted octanol–water partition coefficient (Wildman–Crippen LogP) is 3.61. The highest BCUT2D eigenvalue weighted by Crippen LogP contribution is 2.34. The van der Waals surface area contributed by atoms with E-state index < -0.39 is 0 Å². The molecule has 3 aromatic rings. The van der Waals surface area contributed by atoms with Gasteiger partial charge in [0.15, 0.2) is 0 Å². The minimum atomic E-state index is 0.293. The van der Waals surface area contributed by atoms with Gasteiger partial charge in [0.1, 0.15) is 5.75 Å². The number of rotatable bonds is 1. The lowest BCUT2D eigenvalue weighted by Crippen LogP contribution is -1.84. The number of hydrogen-bond donors (Lipinski definition) is 1. The Morgan fingerprint density at radius 2 is 1.65 bits per heavy atom. The van der Waals surface area contributed by atoms with E-state index in [4.69, 9.17) is 0 Å². The Bertz CT molecular complexity index is 662. The largest absolute Gasteiger partial charge is 0.507 e. The third-order valence-electron chi connectivity index (χ3n) is 2.84. The minimum absolute atomic E-state index is 0.293. The van der Waals surface area contributed by atoms with E-state index in [2.05, 4.69) is 4.98 Å². The number of benzene rings is 2. The minimum Gasteiger partial charge on any atom is -0.507 e. The summed E-state index contributed by atoms with van der Waals surface area (Å²) in [7, 11) is 0. The molecular formula is C15H11NO. The molecule has 0 saturated heterocycles. The summed E-state index contributed by atoms with van der Waals surface area (Å²) in [5, 5.41) is 12.2. The Hall–Kier alpha value is -2.35. The van der Waals surface area contributed by atoms with E-state index in [-0.39, 0.29) is 0 Å². The van der Waals surface area contributed by atoms with Crippen LogP contribution in [0, 0.1) is 0 Å². The summed E-state index contributed by atoms with van der Waals surface area (Å²) in [6.45, 7) is 0. The van der Waals surface area contributed by atoms with Crippen LogP contribution >= 0.6 is 0 Å². The second-order valence-corrected chi connectivity index (χ2v) is 3.90. The Morgan fingerprint density at radius 3 is 2.47 bits per heavy atom. The maximum Gasteiger partial charge on any atom is 0.132 e. The van der Waals surface area contributed by atoms with Crippen molar-refractivity contribution < 1.29 is 5.11 Å². The Kier molecular flexibility index (Phi) is 2.26. The van der Waals surface area contributed by atoms with Gasteiger partial charge < -0.3 is 5.11 Å². The standard InChI is InChI=1S/C15H11NO/c17-15-12-6-2-1-5-11(12)8-9-13(15)14-7-3-4-10-16-14/h1-10,17H. The van der Waals surface area contributed by atoms with Crippen molar-refractivity contribution in [3.05, 3.63) is 60.8 Å². The van der Waals surface area contributed by atoms with Gasteiger partial charge in [-0.15, -0.1) is 0 Å². The van der Waals surface area contributed by atoms with Crippen LogP contribution in [0.15, 0.2) is 60.8 Å². The van der Waals surface area contributed by atoms with Crippen LogP contribution in [0.1, 0.15) is 0 Å². The smallest absolute Gasteiger partial charge is 0.132 e. The van der Waals surface area contributed by atoms with Crippen molar-refractivity contribution in [3.63, 3.8) is 0 Å². The molecule has 0 atom stereocenters. The molecule has 17 heavy (non-hydrogen) atoms. The second-order valence-electron chi connectivity index (χ2n) is 3.90. The Labute approximate surface area is 99.2 Å². The third-order valence-corrected chi connectivity index (χ3v) is 2.84. The highest BCUT2D eigenvalue weighted by Gasteiger charge is 2.08. The van der Waals surface area contributed by atoms with E-state index in [0.717, 1.165) is 22.0 Å². The van der Waals surface area contributed by atoms with Gasteiger partial charge in [-0.25, -0.2) is 0 Å². The lowest BCUT2D eigenvalue weighted by molar-refractivity contribution is 0.483. The average molecular weight is 221 g/mol. The molecule has 0 spiro atoms. The molecular weight excluding hydrogens is 210 g/mol. The molecule has 0 fully saturated rings. The van der Waals surface area contributed by atoms with Crippen LogP contribution in [-0.4, -0.2) is 10.1 Å². The summed E-state index contributed by atoms with van der Waals surface area (Å²) < 4.78 is 0. The molecule has 1 aromatic heterocycles. The van der Waals surface area contributed by atoms with Crippen molar-refractivity contribution in [2.75, 3.05) is 0 Å². The first-order chi connectivity index (χ1) is 8.36. The van der Waals surface area contributed by atoms with Crippen LogP contribution in [0.2, 0.25) is 0 Å². The molecule has 0 radical (unpaired) electrons. The number of nitrogens with zero attached hydrogens (tertiary/aromatic N) is 1. The molecule has 1 N–H and O–H groups in total. The zero-order chi connectivity index (χ0) is 11.7. The van der Waals surface area contributed by atoms with Crippen LogP contribution in [0.4, 0.5) is 0 Å². The number of aromatic hydroxyl groups is 1. The van der Waals surface area contributed by atoms with Gasteiger partial charge in [-0.3, -0.25) is 4.98 Å². The molecule has 0 aliphatic carbocycles. The maximum absolute atomic E-state index is 10.3. The molecule has 1 heterocycles. The van der Waals surface area contributed by atoms with Crippen LogP contribution < -0.4 is 0 Å². The average Bonchev–Trinajstić information content (AvgIpc) is 2.40. The van der Waals surface area contributed by atoms with Gasteiger partial charge in [0.05, 0.1) is 5.69 Å². The Balaban J connectivity index is 2.29. The van der Waals surface area contributed by atoms with Gasteiger partial charge in [0.2, 0.25) is 0 Å². The van der Waals surface area contributed by atoms with Gasteiger partial charge in [-0.2, -0.15) is 0 Å². The molecule has 0 aliphatic rings. The first-order valence-electron chi connectivity index (χ1n) is 5.48. The van der Waals surface area contributed by atoms with Crippen molar-refractivity contribution in [1.29, 1.82) is 0 Å². The number of hydrogen-bond acceptors (Lipinski definition) is 2. The van der Waals surface area contributed by atoms with Gasteiger partial charge in [0, 0.05) is 17.1 Å².